The number of amides is 1. The molecule has 148 valence electrons. The summed E-state index contributed by atoms with van der Waals surface area (Å²) in [4.78, 5) is 16.1. The molecule has 3 heterocycles. The molecule has 0 N–H and O–H groups in total. The Kier molecular flexibility index (Phi) is 4.75. The van der Waals surface area contributed by atoms with Crippen LogP contribution in [-0.2, 0) is 9.84 Å². The highest BCUT2D eigenvalue weighted by Crippen LogP contribution is 2.32. The average molecular weight is 422 g/mol. The van der Waals surface area contributed by atoms with Crippen molar-refractivity contribution in [2.75, 3.05) is 18.1 Å². The highest BCUT2D eigenvalue weighted by molar-refractivity contribution is 7.91. The number of hydrogen-bond donors (Lipinski definition) is 0. The number of benzene rings is 1. The van der Waals surface area contributed by atoms with Crippen molar-refractivity contribution in [3.63, 3.8) is 0 Å². The minimum atomic E-state index is -3.07. The monoisotopic (exact) mass is 421 g/mol. The first-order valence-corrected chi connectivity index (χ1v) is 11.7. The molecule has 0 spiro atoms. The molecule has 3 aromatic rings. The van der Waals surface area contributed by atoms with Gasteiger partial charge in [0.1, 0.15) is 10.6 Å². The van der Waals surface area contributed by atoms with Crippen LogP contribution in [0.5, 0.6) is 0 Å². The second-order valence-corrected chi connectivity index (χ2v) is 10.2. The molecule has 0 bridgehead atoms. The topological polar surface area (TPSA) is 72.3 Å². The predicted octanol–water partition coefficient (Wildman–Crippen LogP) is 3.18. The van der Waals surface area contributed by atoms with E-state index in [9.17, 15) is 17.6 Å². The number of carbonyl (C=O) groups is 1. The zero-order valence-electron chi connectivity index (χ0n) is 15.6. The Morgan fingerprint density at radius 3 is 2.68 bits per heavy atom. The average Bonchev–Trinajstić information content (AvgIpc) is 3.32. The Balaban J connectivity index is 1.70. The van der Waals surface area contributed by atoms with Crippen molar-refractivity contribution in [1.29, 1.82) is 0 Å². The van der Waals surface area contributed by atoms with Gasteiger partial charge in [0.05, 0.1) is 27.8 Å². The Bertz CT molecular complexity index is 1150. The number of thiophene rings is 1. The Morgan fingerprint density at radius 1 is 1.36 bits per heavy atom. The third kappa shape index (κ3) is 3.33. The lowest BCUT2D eigenvalue weighted by atomic mass is 10.2. The van der Waals surface area contributed by atoms with Crippen LogP contribution in [0.1, 0.15) is 28.7 Å². The number of nitrogens with zero attached hydrogens (tertiary/aromatic N) is 3. The fourth-order valence-electron chi connectivity index (χ4n) is 3.64. The molecular formula is C19H20FN3O3S2. The van der Waals surface area contributed by atoms with E-state index in [1.54, 1.807) is 21.7 Å². The summed E-state index contributed by atoms with van der Waals surface area (Å²) in [5, 5.41) is 5.38. The molecule has 1 fully saturated rings. The summed E-state index contributed by atoms with van der Waals surface area (Å²) < 4.78 is 38.6. The zero-order chi connectivity index (χ0) is 20.1. The lowest BCUT2D eigenvalue weighted by Gasteiger charge is -2.26. The summed E-state index contributed by atoms with van der Waals surface area (Å²) in [6.45, 7) is 4.18. The molecule has 4 rings (SSSR count). The van der Waals surface area contributed by atoms with Gasteiger partial charge in [-0.15, -0.1) is 11.3 Å². The van der Waals surface area contributed by atoms with Crippen molar-refractivity contribution in [1.82, 2.24) is 14.7 Å². The number of fused-ring (bicyclic) bond motifs is 1. The lowest BCUT2D eigenvalue weighted by Crippen LogP contribution is -2.40. The van der Waals surface area contributed by atoms with Crippen LogP contribution in [0.15, 0.2) is 30.3 Å². The van der Waals surface area contributed by atoms with Crippen LogP contribution >= 0.6 is 11.3 Å². The molecule has 1 amide bonds. The molecule has 1 aliphatic heterocycles. The van der Waals surface area contributed by atoms with Gasteiger partial charge in [0, 0.05) is 18.0 Å². The number of halogens is 1. The third-order valence-corrected chi connectivity index (χ3v) is 7.93. The van der Waals surface area contributed by atoms with Crippen LogP contribution < -0.4 is 0 Å². The number of aryl methyl sites for hydroxylation is 1. The van der Waals surface area contributed by atoms with E-state index in [0.717, 1.165) is 21.6 Å². The van der Waals surface area contributed by atoms with Crippen molar-refractivity contribution in [2.45, 2.75) is 26.3 Å². The molecule has 2 aromatic heterocycles. The van der Waals surface area contributed by atoms with E-state index in [1.165, 1.54) is 23.5 Å². The molecular weight excluding hydrogens is 401 g/mol. The second kappa shape index (κ2) is 6.97. The standard InChI is InChI=1S/C19H20FN3O3S2/c1-3-22(15-8-9-28(25,26)11-15)18(24)17-10-16-12(2)21-23(19(16)27-17)14-6-4-13(20)5-7-14/h4-7,10,15H,3,8-9,11H2,1-2H3. The van der Waals surface area contributed by atoms with E-state index in [0.29, 0.717) is 17.8 Å². The minimum absolute atomic E-state index is 0.0276. The number of hydrogen-bond acceptors (Lipinski definition) is 5. The summed E-state index contributed by atoms with van der Waals surface area (Å²) in [5.41, 5.74) is 1.50. The van der Waals surface area contributed by atoms with Gasteiger partial charge in [-0.3, -0.25) is 4.79 Å². The molecule has 9 heteroatoms. The largest absolute Gasteiger partial charge is 0.334 e. The number of carbonyl (C=O) groups excluding carboxylic acids is 1. The molecule has 1 unspecified atom stereocenters. The number of rotatable bonds is 4. The van der Waals surface area contributed by atoms with E-state index in [2.05, 4.69) is 5.10 Å². The summed E-state index contributed by atoms with van der Waals surface area (Å²) in [6, 6.07) is 7.57. The molecule has 0 saturated carbocycles. The van der Waals surface area contributed by atoms with Gasteiger partial charge in [-0.2, -0.15) is 5.10 Å². The van der Waals surface area contributed by atoms with Crippen molar-refractivity contribution in [3.8, 4) is 5.69 Å². The van der Waals surface area contributed by atoms with Crippen LogP contribution in [0.25, 0.3) is 15.9 Å². The van der Waals surface area contributed by atoms with Crippen molar-refractivity contribution >= 4 is 37.3 Å². The van der Waals surface area contributed by atoms with Gasteiger partial charge < -0.3 is 4.90 Å². The molecule has 1 saturated heterocycles. The Morgan fingerprint density at radius 2 is 2.07 bits per heavy atom. The fourth-order valence-corrected chi connectivity index (χ4v) is 6.51. The van der Waals surface area contributed by atoms with Crippen LogP contribution in [0.4, 0.5) is 4.39 Å². The SMILES string of the molecule is CCN(C(=O)c1cc2c(C)nn(-c3ccc(F)cc3)c2s1)C1CCS(=O)(=O)C1. The first-order valence-electron chi connectivity index (χ1n) is 9.05. The summed E-state index contributed by atoms with van der Waals surface area (Å²) in [5.74, 6) is -0.321. The molecule has 0 aliphatic carbocycles. The fraction of sp³-hybridized carbons (Fsp3) is 0.368. The summed E-state index contributed by atoms with van der Waals surface area (Å²) >= 11 is 1.32. The first-order chi connectivity index (χ1) is 13.3. The molecule has 1 atom stereocenters. The first kappa shape index (κ1) is 19.1. The molecule has 28 heavy (non-hydrogen) atoms. The van der Waals surface area contributed by atoms with Gasteiger partial charge in [0.25, 0.3) is 5.91 Å². The molecule has 1 aliphatic rings. The second-order valence-electron chi connectivity index (χ2n) is 6.95. The summed E-state index contributed by atoms with van der Waals surface area (Å²) in [7, 11) is -3.07. The maximum Gasteiger partial charge on any atom is 0.264 e. The van der Waals surface area contributed by atoms with Gasteiger partial charge in [-0.25, -0.2) is 17.5 Å². The van der Waals surface area contributed by atoms with Gasteiger partial charge in [0.2, 0.25) is 0 Å². The van der Waals surface area contributed by atoms with Crippen molar-refractivity contribution in [2.24, 2.45) is 0 Å². The maximum atomic E-state index is 13.2. The maximum absolute atomic E-state index is 13.2. The van der Waals surface area contributed by atoms with Gasteiger partial charge >= 0.3 is 0 Å². The van der Waals surface area contributed by atoms with Crippen LogP contribution in [-0.4, -0.2) is 53.1 Å². The Hall–Kier alpha value is -2.26. The van der Waals surface area contributed by atoms with Crippen LogP contribution in [0.3, 0.4) is 0 Å². The number of sulfone groups is 1. The molecule has 6 nitrogen and oxygen atoms in total. The van der Waals surface area contributed by atoms with E-state index in [-0.39, 0.29) is 29.3 Å². The quantitative estimate of drug-likeness (QED) is 0.649. The van der Waals surface area contributed by atoms with Crippen LogP contribution in [0, 0.1) is 12.7 Å². The highest BCUT2D eigenvalue weighted by Gasteiger charge is 2.35. The van der Waals surface area contributed by atoms with E-state index in [1.807, 2.05) is 19.9 Å². The molecule has 0 radical (unpaired) electrons. The normalized spacial score (nSPS) is 18.6. The van der Waals surface area contributed by atoms with Crippen molar-refractivity contribution in [3.05, 3.63) is 46.7 Å². The minimum Gasteiger partial charge on any atom is -0.334 e. The van der Waals surface area contributed by atoms with E-state index >= 15 is 0 Å². The third-order valence-electron chi connectivity index (χ3n) is 5.08. The highest BCUT2D eigenvalue weighted by atomic mass is 32.2. The smallest absolute Gasteiger partial charge is 0.264 e. The predicted molar refractivity (Wildman–Crippen MR) is 107 cm³/mol. The van der Waals surface area contributed by atoms with Gasteiger partial charge in [-0.1, -0.05) is 0 Å². The van der Waals surface area contributed by atoms with E-state index < -0.39 is 9.84 Å². The lowest BCUT2D eigenvalue weighted by molar-refractivity contribution is 0.0713. The summed E-state index contributed by atoms with van der Waals surface area (Å²) in [6.07, 6.45) is 0.481. The number of aromatic nitrogens is 2. The van der Waals surface area contributed by atoms with Crippen LogP contribution in [0.2, 0.25) is 0 Å². The van der Waals surface area contributed by atoms with Gasteiger partial charge in [-0.05, 0) is 50.6 Å². The van der Waals surface area contributed by atoms with Gasteiger partial charge in [0.15, 0.2) is 9.84 Å². The van der Waals surface area contributed by atoms with E-state index in [4.69, 9.17) is 0 Å². The van der Waals surface area contributed by atoms with Crippen molar-refractivity contribution < 1.29 is 17.6 Å². The molecule has 1 aromatic carbocycles. The zero-order valence-corrected chi connectivity index (χ0v) is 17.2. The Labute approximate surface area is 166 Å².